The van der Waals surface area contributed by atoms with E-state index in [-0.39, 0.29) is 27.0 Å². The summed E-state index contributed by atoms with van der Waals surface area (Å²) in [5.41, 5.74) is 0.711. The molecule has 3 rings (SSSR count). The molecular weight excluding hydrogens is 537 g/mol. The van der Waals surface area contributed by atoms with Gasteiger partial charge in [-0.3, -0.25) is 13.8 Å². The number of carbonyl (C=O) groups excluding carboxylic acids is 1. The summed E-state index contributed by atoms with van der Waals surface area (Å²) >= 11 is 11.8. The molecule has 186 valence electrons. The Morgan fingerprint density at radius 2 is 1.46 bits per heavy atom. The van der Waals surface area contributed by atoms with Crippen LogP contribution in [0.3, 0.4) is 0 Å². The van der Waals surface area contributed by atoms with Crippen LogP contribution in [-0.4, -0.2) is 42.7 Å². The van der Waals surface area contributed by atoms with E-state index >= 15 is 0 Å². The molecule has 0 radical (unpaired) electrons. The molecule has 0 heterocycles. The van der Waals surface area contributed by atoms with Gasteiger partial charge in [0.25, 0.3) is 10.0 Å². The van der Waals surface area contributed by atoms with E-state index in [9.17, 15) is 21.6 Å². The van der Waals surface area contributed by atoms with Crippen LogP contribution < -0.4 is 19.1 Å². The predicted octanol–water partition coefficient (Wildman–Crippen LogP) is 4.21. The van der Waals surface area contributed by atoms with E-state index in [2.05, 4.69) is 10.0 Å². The van der Waals surface area contributed by atoms with Crippen molar-refractivity contribution in [1.29, 1.82) is 0 Å². The minimum Gasteiger partial charge on any atom is -0.495 e. The number of carbonyl (C=O) groups is 1. The number of hydrogen-bond acceptors (Lipinski definition) is 6. The monoisotopic (exact) mass is 557 g/mol. The minimum atomic E-state index is -3.88. The molecular formula is C22H21Cl2N3O6S2. The molecule has 3 aromatic carbocycles. The summed E-state index contributed by atoms with van der Waals surface area (Å²) in [5, 5.41) is 3.28. The third-order valence-corrected chi connectivity index (χ3v) is 7.65. The number of benzene rings is 3. The van der Waals surface area contributed by atoms with Gasteiger partial charge in [-0.1, -0.05) is 23.2 Å². The SMILES string of the molecule is COc1ccc(Cl)cc1N(CC(=O)Nc1ccc(S(=O)(=O)Nc2ccc(Cl)cc2)cc1)S(C)(=O)=O. The van der Waals surface area contributed by atoms with Gasteiger partial charge in [0.2, 0.25) is 15.9 Å². The molecule has 9 nitrogen and oxygen atoms in total. The van der Waals surface area contributed by atoms with Gasteiger partial charge in [0.15, 0.2) is 0 Å². The van der Waals surface area contributed by atoms with Gasteiger partial charge in [0, 0.05) is 21.4 Å². The van der Waals surface area contributed by atoms with Crippen LogP contribution in [0.2, 0.25) is 10.0 Å². The van der Waals surface area contributed by atoms with Gasteiger partial charge in [-0.2, -0.15) is 0 Å². The number of anilines is 3. The van der Waals surface area contributed by atoms with Crippen molar-refractivity contribution in [3.8, 4) is 5.75 Å². The Labute approximate surface area is 213 Å². The fourth-order valence-electron chi connectivity index (χ4n) is 3.02. The average Bonchev–Trinajstić information content (AvgIpc) is 2.78. The fraction of sp³-hybridized carbons (Fsp3) is 0.136. The molecule has 1 amide bonds. The highest BCUT2D eigenvalue weighted by Crippen LogP contribution is 2.32. The average molecular weight is 558 g/mol. The lowest BCUT2D eigenvalue weighted by molar-refractivity contribution is -0.114. The molecule has 0 fully saturated rings. The van der Waals surface area contributed by atoms with Crippen molar-refractivity contribution in [3.63, 3.8) is 0 Å². The quantitative estimate of drug-likeness (QED) is 0.406. The molecule has 3 aromatic rings. The van der Waals surface area contributed by atoms with Crippen LogP contribution in [0.4, 0.5) is 17.1 Å². The topological polar surface area (TPSA) is 122 Å². The summed E-state index contributed by atoms with van der Waals surface area (Å²) < 4.78 is 58.5. The van der Waals surface area contributed by atoms with Gasteiger partial charge in [-0.05, 0) is 66.7 Å². The molecule has 0 aliphatic rings. The molecule has 0 bridgehead atoms. The highest BCUT2D eigenvalue weighted by molar-refractivity contribution is 7.92. The number of rotatable bonds is 9. The number of ether oxygens (including phenoxy) is 1. The lowest BCUT2D eigenvalue weighted by Gasteiger charge is -2.24. The number of nitrogens with one attached hydrogen (secondary N) is 2. The van der Waals surface area contributed by atoms with Crippen molar-refractivity contribution in [1.82, 2.24) is 0 Å². The van der Waals surface area contributed by atoms with Gasteiger partial charge in [-0.15, -0.1) is 0 Å². The van der Waals surface area contributed by atoms with Crippen molar-refractivity contribution in [2.45, 2.75) is 4.90 Å². The molecule has 13 heteroatoms. The lowest BCUT2D eigenvalue weighted by Crippen LogP contribution is -2.37. The number of sulfonamides is 2. The number of amides is 1. The van der Waals surface area contributed by atoms with E-state index in [0.717, 1.165) is 10.6 Å². The molecule has 0 saturated carbocycles. The first-order valence-electron chi connectivity index (χ1n) is 9.88. The lowest BCUT2D eigenvalue weighted by atomic mass is 10.3. The van der Waals surface area contributed by atoms with Gasteiger partial charge in [-0.25, -0.2) is 16.8 Å². The minimum absolute atomic E-state index is 0.0353. The molecule has 0 saturated heterocycles. The molecule has 0 spiro atoms. The summed E-state index contributed by atoms with van der Waals surface area (Å²) in [4.78, 5) is 12.6. The largest absolute Gasteiger partial charge is 0.495 e. The van der Waals surface area contributed by atoms with Gasteiger partial charge >= 0.3 is 0 Å². The zero-order chi connectivity index (χ0) is 25.8. The fourth-order valence-corrected chi connectivity index (χ4v) is 5.22. The van der Waals surface area contributed by atoms with Gasteiger partial charge < -0.3 is 10.1 Å². The summed E-state index contributed by atoms with van der Waals surface area (Å²) in [7, 11) is -6.39. The Bertz CT molecular complexity index is 1430. The summed E-state index contributed by atoms with van der Waals surface area (Å²) in [6, 6.07) is 15.9. The van der Waals surface area contributed by atoms with Gasteiger partial charge in [0.05, 0.1) is 23.9 Å². The standard InChI is InChI=1S/C22H21Cl2N3O6S2/c1-33-21-12-5-16(24)13-20(21)27(34(2,29)30)14-22(28)25-17-8-10-19(11-9-17)35(31,32)26-18-6-3-15(23)4-7-18/h3-13,26H,14H2,1-2H3,(H,25,28). The van der Waals surface area contributed by atoms with Crippen LogP contribution in [0, 0.1) is 0 Å². The van der Waals surface area contributed by atoms with Crippen molar-refractivity contribution in [2.75, 3.05) is 34.3 Å². The Morgan fingerprint density at radius 1 is 0.886 bits per heavy atom. The first-order valence-corrected chi connectivity index (χ1v) is 14.0. The van der Waals surface area contributed by atoms with Crippen LogP contribution in [0.15, 0.2) is 71.6 Å². The first-order chi connectivity index (χ1) is 16.4. The molecule has 35 heavy (non-hydrogen) atoms. The third kappa shape index (κ3) is 7.01. The second-order valence-corrected chi connectivity index (χ2v) is 11.7. The predicted molar refractivity (Wildman–Crippen MR) is 138 cm³/mol. The number of halogens is 2. The molecule has 0 unspecified atom stereocenters. The number of methoxy groups -OCH3 is 1. The number of hydrogen-bond donors (Lipinski definition) is 2. The Hall–Kier alpha value is -2.99. The smallest absolute Gasteiger partial charge is 0.261 e. The number of nitrogens with zero attached hydrogens (tertiary/aromatic N) is 1. The summed E-state index contributed by atoms with van der Waals surface area (Å²) in [6.45, 7) is -0.562. The van der Waals surface area contributed by atoms with E-state index in [1.54, 1.807) is 12.1 Å². The molecule has 0 aliphatic carbocycles. The second-order valence-electron chi connectivity index (χ2n) is 7.27. The zero-order valence-electron chi connectivity index (χ0n) is 18.5. The normalized spacial score (nSPS) is 11.5. The first kappa shape index (κ1) is 26.6. The van der Waals surface area contributed by atoms with Crippen LogP contribution in [0.5, 0.6) is 5.75 Å². The third-order valence-electron chi connectivity index (χ3n) is 4.64. The van der Waals surface area contributed by atoms with Gasteiger partial charge in [0.1, 0.15) is 12.3 Å². The van der Waals surface area contributed by atoms with Crippen molar-refractivity contribution >= 4 is 66.2 Å². The summed E-state index contributed by atoms with van der Waals surface area (Å²) in [6.07, 6.45) is 0.952. The van der Waals surface area contributed by atoms with Crippen LogP contribution in [0.25, 0.3) is 0 Å². The van der Waals surface area contributed by atoms with Crippen molar-refractivity contribution in [2.24, 2.45) is 0 Å². The molecule has 2 N–H and O–H groups in total. The van der Waals surface area contributed by atoms with E-state index in [0.29, 0.717) is 10.7 Å². The maximum absolute atomic E-state index is 12.6. The molecule has 0 aliphatic heterocycles. The van der Waals surface area contributed by atoms with Crippen molar-refractivity contribution < 1.29 is 26.4 Å². The Kier molecular flexibility index (Phi) is 8.16. The van der Waals surface area contributed by atoms with Crippen molar-refractivity contribution in [3.05, 3.63) is 76.8 Å². The highest BCUT2D eigenvalue weighted by atomic mass is 35.5. The van der Waals surface area contributed by atoms with E-state index < -0.39 is 32.5 Å². The summed E-state index contributed by atoms with van der Waals surface area (Å²) in [5.74, 6) is -0.442. The van der Waals surface area contributed by atoms with E-state index in [1.807, 2.05) is 0 Å². The van der Waals surface area contributed by atoms with Crippen LogP contribution in [0.1, 0.15) is 0 Å². The molecule has 0 atom stereocenters. The molecule has 0 aromatic heterocycles. The van der Waals surface area contributed by atoms with Crippen LogP contribution in [-0.2, 0) is 24.8 Å². The van der Waals surface area contributed by atoms with E-state index in [1.165, 1.54) is 61.7 Å². The zero-order valence-corrected chi connectivity index (χ0v) is 21.7. The Morgan fingerprint density at radius 3 is 2.03 bits per heavy atom. The van der Waals surface area contributed by atoms with E-state index in [4.69, 9.17) is 27.9 Å². The van der Waals surface area contributed by atoms with Crippen LogP contribution >= 0.6 is 23.2 Å². The second kappa shape index (κ2) is 10.7. The maximum atomic E-state index is 12.6. The highest BCUT2D eigenvalue weighted by Gasteiger charge is 2.24. The Balaban J connectivity index is 1.75. The maximum Gasteiger partial charge on any atom is 0.261 e.